The Kier molecular flexibility index (Phi) is 6.94. The number of sulfonamides is 1. The van der Waals surface area contributed by atoms with Gasteiger partial charge < -0.3 is 5.32 Å². The van der Waals surface area contributed by atoms with Crippen molar-refractivity contribution in [2.45, 2.75) is 24.3 Å². The van der Waals surface area contributed by atoms with E-state index < -0.39 is 10.0 Å². The molecular formula is C24H29N5O3S2. The third-order valence-corrected chi connectivity index (χ3v) is 9.30. The number of amides is 1. The molecule has 2 aliphatic rings. The zero-order valence-corrected chi connectivity index (χ0v) is 20.7. The highest BCUT2D eigenvalue weighted by Crippen LogP contribution is 2.24. The SMILES string of the molecule is O=C(CN1CCN(Cc2nc3ccccc3s2)CC1)Nc1ccc(S(=O)(=O)N2CCCC2)cc1. The number of para-hydroxylation sites is 1. The van der Waals surface area contributed by atoms with Gasteiger partial charge in [-0.2, -0.15) is 4.31 Å². The first-order chi connectivity index (χ1) is 16.5. The topological polar surface area (TPSA) is 85.9 Å². The van der Waals surface area contributed by atoms with Gasteiger partial charge in [0.25, 0.3) is 0 Å². The van der Waals surface area contributed by atoms with Gasteiger partial charge in [0, 0.05) is 45.0 Å². The number of carbonyl (C=O) groups excluding carboxylic acids is 1. The Morgan fingerprint density at radius 3 is 2.29 bits per heavy atom. The second-order valence-electron chi connectivity index (χ2n) is 8.81. The van der Waals surface area contributed by atoms with Gasteiger partial charge in [-0.1, -0.05) is 12.1 Å². The average Bonchev–Trinajstić information content (AvgIpc) is 3.51. The number of carbonyl (C=O) groups is 1. The molecule has 0 aliphatic carbocycles. The molecule has 180 valence electrons. The summed E-state index contributed by atoms with van der Waals surface area (Å²) >= 11 is 1.74. The summed E-state index contributed by atoms with van der Waals surface area (Å²) in [6.07, 6.45) is 1.81. The second-order valence-corrected chi connectivity index (χ2v) is 11.9. The summed E-state index contributed by atoms with van der Waals surface area (Å²) in [6.45, 7) is 5.76. The molecule has 2 aromatic carbocycles. The summed E-state index contributed by atoms with van der Waals surface area (Å²) < 4.78 is 28.0. The maximum absolute atomic E-state index is 12.6. The molecule has 8 nitrogen and oxygen atoms in total. The van der Waals surface area contributed by atoms with Gasteiger partial charge in [0.1, 0.15) is 5.01 Å². The Bertz CT molecular complexity index is 1210. The van der Waals surface area contributed by atoms with Gasteiger partial charge >= 0.3 is 0 Å². The van der Waals surface area contributed by atoms with Crippen LogP contribution in [-0.4, -0.2) is 79.2 Å². The zero-order chi connectivity index (χ0) is 23.5. The van der Waals surface area contributed by atoms with Crippen molar-refractivity contribution in [3.05, 3.63) is 53.5 Å². The van der Waals surface area contributed by atoms with Crippen LogP contribution in [0.25, 0.3) is 10.2 Å². The second kappa shape index (κ2) is 10.1. The number of rotatable bonds is 7. The first-order valence-corrected chi connectivity index (χ1v) is 13.9. The third kappa shape index (κ3) is 5.31. The van der Waals surface area contributed by atoms with Crippen LogP contribution in [0.2, 0.25) is 0 Å². The van der Waals surface area contributed by atoms with Gasteiger partial charge in [-0.25, -0.2) is 13.4 Å². The summed E-state index contributed by atoms with van der Waals surface area (Å²) in [4.78, 5) is 22.1. The molecule has 5 rings (SSSR count). The van der Waals surface area contributed by atoms with Gasteiger partial charge in [-0.05, 0) is 49.2 Å². The molecule has 0 saturated carbocycles. The van der Waals surface area contributed by atoms with Crippen LogP contribution in [0.5, 0.6) is 0 Å². The van der Waals surface area contributed by atoms with E-state index in [2.05, 4.69) is 21.2 Å². The number of fused-ring (bicyclic) bond motifs is 1. The molecule has 1 amide bonds. The molecule has 3 aromatic rings. The maximum Gasteiger partial charge on any atom is 0.243 e. The lowest BCUT2D eigenvalue weighted by Gasteiger charge is -2.33. The predicted octanol–water partition coefficient (Wildman–Crippen LogP) is 2.84. The third-order valence-electron chi connectivity index (χ3n) is 6.37. The molecule has 1 N–H and O–H groups in total. The summed E-state index contributed by atoms with van der Waals surface area (Å²) in [5.74, 6) is -0.0882. The highest BCUT2D eigenvalue weighted by atomic mass is 32.2. The number of hydrogen-bond donors (Lipinski definition) is 1. The van der Waals surface area contributed by atoms with Gasteiger partial charge in [0.15, 0.2) is 0 Å². The molecule has 2 aliphatic heterocycles. The van der Waals surface area contributed by atoms with Gasteiger partial charge in [0.05, 0.1) is 28.2 Å². The van der Waals surface area contributed by atoms with E-state index in [1.807, 2.05) is 18.2 Å². The fourth-order valence-electron chi connectivity index (χ4n) is 4.48. The average molecular weight is 500 g/mol. The first-order valence-electron chi connectivity index (χ1n) is 11.7. The fraction of sp³-hybridized carbons (Fsp3) is 0.417. The van der Waals surface area contributed by atoms with E-state index in [4.69, 9.17) is 4.98 Å². The summed E-state index contributed by atoms with van der Waals surface area (Å²) in [5.41, 5.74) is 1.67. The summed E-state index contributed by atoms with van der Waals surface area (Å²) in [5, 5.41) is 4.02. The van der Waals surface area contributed by atoms with Gasteiger partial charge in [-0.15, -0.1) is 11.3 Å². The number of aromatic nitrogens is 1. The summed E-state index contributed by atoms with van der Waals surface area (Å²) in [7, 11) is -3.44. The van der Waals surface area contributed by atoms with Crippen molar-refractivity contribution in [1.29, 1.82) is 0 Å². The minimum absolute atomic E-state index is 0.0882. The minimum Gasteiger partial charge on any atom is -0.325 e. The first kappa shape index (κ1) is 23.4. The van der Waals surface area contributed by atoms with Crippen molar-refractivity contribution in [3.8, 4) is 0 Å². The summed E-state index contributed by atoms with van der Waals surface area (Å²) in [6, 6.07) is 14.7. The molecule has 0 spiro atoms. The Hall–Kier alpha value is -2.37. The van der Waals surface area contributed by atoms with Crippen molar-refractivity contribution in [2.75, 3.05) is 51.1 Å². The van der Waals surface area contributed by atoms with Crippen LogP contribution in [0.4, 0.5) is 5.69 Å². The van der Waals surface area contributed by atoms with Crippen LogP contribution in [0, 0.1) is 0 Å². The number of piperazine rings is 1. The van der Waals surface area contributed by atoms with E-state index in [1.54, 1.807) is 35.6 Å². The molecule has 1 aromatic heterocycles. The number of nitrogens with zero attached hydrogens (tertiary/aromatic N) is 4. The van der Waals surface area contributed by atoms with Crippen molar-refractivity contribution in [3.63, 3.8) is 0 Å². The van der Waals surface area contributed by atoms with E-state index >= 15 is 0 Å². The lowest BCUT2D eigenvalue weighted by Crippen LogP contribution is -2.48. The van der Waals surface area contributed by atoms with Gasteiger partial charge in [0.2, 0.25) is 15.9 Å². The van der Waals surface area contributed by atoms with Crippen LogP contribution in [0.15, 0.2) is 53.4 Å². The van der Waals surface area contributed by atoms with Crippen molar-refractivity contribution >= 4 is 43.2 Å². The highest BCUT2D eigenvalue weighted by Gasteiger charge is 2.27. The number of anilines is 1. The van der Waals surface area contributed by atoms with Crippen LogP contribution < -0.4 is 5.32 Å². The molecule has 0 radical (unpaired) electrons. The van der Waals surface area contributed by atoms with Gasteiger partial charge in [-0.3, -0.25) is 14.6 Å². The minimum atomic E-state index is -3.44. The largest absolute Gasteiger partial charge is 0.325 e. The molecule has 34 heavy (non-hydrogen) atoms. The zero-order valence-electron chi connectivity index (χ0n) is 19.0. The van der Waals surface area contributed by atoms with E-state index in [0.717, 1.165) is 56.1 Å². The van der Waals surface area contributed by atoms with Crippen LogP contribution in [0.1, 0.15) is 17.8 Å². The van der Waals surface area contributed by atoms with Crippen LogP contribution in [0.3, 0.4) is 0 Å². The Morgan fingerprint density at radius 1 is 0.912 bits per heavy atom. The normalized spacial score (nSPS) is 18.5. The Balaban J connectivity index is 1.09. The molecule has 3 heterocycles. The molecule has 2 fully saturated rings. The number of hydrogen-bond acceptors (Lipinski definition) is 7. The molecule has 0 atom stereocenters. The predicted molar refractivity (Wildman–Crippen MR) is 134 cm³/mol. The van der Waals surface area contributed by atoms with E-state index in [-0.39, 0.29) is 10.8 Å². The molecular weight excluding hydrogens is 470 g/mol. The Morgan fingerprint density at radius 2 is 1.59 bits per heavy atom. The van der Waals surface area contributed by atoms with Crippen LogP contribution >= 0.6 is 11.3 Å². The smallest absolute Gasteiger partial charge is 0.243 e. The fourth-order valence-corrected chi connectivity index (χ4v) is 7.00. The van der Waals surface area contributed by atoms with Crippen molar-refractivity contribution < 1.29 is 13.2 Å². The Labute approximate surface area is 204 Å². The van der Waals surface area contributed by atoms with Crippen LogP contribution in [-0.2, 0) is 21.4 Å². The number of benzene rings is 2. The van der Waals surface area contributed by atoms with Crippen molar-refractivity contribution in [2.24, 2.45) is 0 Å². The number of thiazole rings is 1. The standard InChI is InChI=1S/C24H29N5O3S2/c30-23(25-19-7-9-20(10-8-19)34(31,32)29-11-3-4-12-29)17-27-13-15-28(16-14-27)18-24-26-21-5-1-2-6-22(21)33-24/h1-2,5-10H,3-4,11-18H2,(H,25,30). The number of nitrogens with one attached hydrogen (secondary N) is 1. The highest BCUT2D eigenvalue weighted by molar-refractivity contribution is 7.89. The molecule has 0 unspecified atom stereocenters. The molecule has 10 heteroatoms. The van der Waals surface area contributed by atoms with E-state index in [1.165, 1.54) is 9.01 Å². The molecule has 2 saturated heterocycles. The van der Waals surface area contributed by atoms with E-state index in [0.29, 0.717) is 25.3 Å². The maximum atomic E-state index is 12.6. The van der Waals surface area contributed by atoms with Crippen molar-refractivity contribution in [1.82, 2.24) is 19.1 Å². The van der Waals surface area contributed by atoms with E-state index in [9.17, 15) is 13.2 Å². The monoisotopic (exact) mass is 499 g/mol. The lowest BCUT2D eigenvalue weighted by atomic mass is 10.3. The lowest BCUT2D eigenvalue weighted by molar-refractivity contribution is -0.117. The quantitative estimate of drug-likeness (QED) is 0.538. The molecule has 0 bridgehead atoms.